The number of thiazole rings is 1. The summed E-state index contributed by atoms with van der Waals surface area (Å²) >= 11 is 5.12. The van der Waals surface area contributed by atoms with E-state index in [1.54, 1.807) is 30.6 Å². The first-order valence-electron chi connectivity index (χ1n) is 11.0. The van der Waals surface area contributed by atoms with Crippen molar-refractivity contribution < 1.29 is 9.66 Å². The number of non-ortho nitro benzene ring substituents is 1. The van der Waals surface area contributed by atoms with Crippen LogP contribution in [0.25, 0.3) is 22.2 Å². The minimum absolute atomic E-state index is 0.0763. The summed E-state index contributed by atoms with van der Waals surface area (Å²) in [6.45, 7) is 2.93. The molecule has 0 saturated carbocycles. The molecule has 0 radical (unpaired) electrons. The Labute approximate surface area is 215 Å². The third-order valence-electron chi connectivity index (χ3n) is 6.17. The van der Waals surface area contributed by atoms with Gasteiger partial charge in [-0.15, -0.1) is 11.3 Å². The van der Waals surface area contributed by atoms with Gasteiger partial charge in [-0.3, -0.25) is 10.1 Å². The van der Waals surface area contributed by atoms with Crippen LogP contribution in [0.3, 0.4) is 0 Å². The number of methoxy groups -OCH3 is 1. The van der Waals surface area contributed by atoms with Gasteiger partial charge in [0, 0.05) is 57.1 Å². The van der Waals surface area contributed by atoms with E-state index in [0.717, 1.165) is 43.9 Å². The minimum atomic E-state index is -0.392. The van der Waals surface area contributed by atoms with Crippen molar-refractivity contribution in [3.8, 4) is 17.0 Å². The van der Waals surface area contributed by atoms with Crippen molar-refractivity contribution in [2.75, 3.05) is 7.11 Å². The molecule has 5 aromatic rings. The maximum atomic E-state index is 11.0. The molecule has 2 heterocycles. The predicted octanol–water partition coefficient (Wildman–Crippen LogP) is 7.39. The lowest BCUT2D eigenvalue weighted by Gasteiger charge is -2.09. The minimum Gasteiger partial charge on any atom is -0.497 e. The monoisotopic (exact) mass is 547 g/mol. The van der Waals surface area contributed by atoms with E-state index >= 15 is 0 Å². The normalized spacial score (nSPS) is 11.2. The molecule has 0 fully saturated rings. The third kappa shape index (κ3) is 4.72. The van der Waals surface area contributed by atoms with E-state index in [4.69, 9.17) is 9.72 Å². The Morgan fingerprint density at radius 3 is 2.51 bits per heavy atom. The number of rotatable bonds is 7. The second-order valence-electron chi connectivity index (χ2n) is 8.27. The summed E-state index contributed by atoms with van der Waals surface area (Å²) in [5.41, 5.74) is 6.58. The molecular formula is C27H22BrN3O3S. The summed E-state index contributed by atoms with van der Waals surface area (Å²) < 4.78 is 8.93. The number of nitro groups is 1. The van der Waals surface area contributed by atoms with Crippen molar-refractivity contribution in [3.05, 3.63) is 109 Å². The highest BCUT2D eigenvalue weighted by molar-refractivity contribution is 9.10. The van der Waals surface area contributed by atoms with Gasteiger partial charge in [0.25, 0.3) is 5.69 Å². The second-order valence-corrected chi connectivity index (χ2v) is 10.1. The van der Waals surface area contributed by atoms with Crippen LogP contribution in [0.5, 0.6) is 5.75 Å². The lowest BCUT2D eigenvalue weighted by atomic mass is 10.1. The topological polar surface area (TPSA) is 70.2 Å². The van der Waals surface area contributed by atoms with Gasteiger partial charge in [0.2, 0.25) is 0 Å². The van der Waals surface area contributed by atoms with Crippen LogP contribution < -0.4 is 4.74 Å². The Morgan fingerprint density at radius 1 is 1.09 bits per heavy atom. The Bertz CT molecular complexity index is 1520. The zero-order valence-electron chi connectivity index (χ0n) is 19.2. The number of nitrogens with zero attached hydrogens (tertiary/aromatic N) is 3. The smallest absolute Gasteiger partial charge is 0.269 e. The molecule has 5 rings (SSSR count). The van der Waals surface area contributed by atoms with Crippen LogP contribution in [0.2, 0.25) is 0 Å². The molecule has 0 saturated heterocycles. The van der Waals surface area contributed by atoms with Crippen molar-refractivity contribution in [2.24, 2.45) is 0 Å². The molecule has 0 spiro atoms. The molecule has 8 heteroatoms. The number of halogens is 1. The van der Waals surface area contributed by atoms with Gasteiger partial charge in [0.15, 0.2) is 0 Å². The van der Waals surface area contributed by atoms with Gasteiger partial charge in [-0.25, -0.2) is 4.98 Å². The first-order chi connectivity index (χ1) is 16.9. The van der Waals surface area contributed by atoms with E-state index in [1.807, 2.05) is 11.4 Å². The highest BCUT2D eigenvalue weighted by atomic mass is 79.9. The number of hydrogen-bond donors (Lipinski definition) is 0. The summed E-state index contributed by atoms with van der Waals surface area (Å²) in [7, 11) is 1.68. The summed E-state index contributed by atoms with van der Waals surface area (Å²) in [6.07, 6.45) is 0.695. The standard InChI is InChI=1S/C27H22BrN3O3S/c1-17-23(14-27-29-25(16-35-27)19-5-9-21(10-6-19)31(32)33)24-13-22(34-2)11-12-26(24)30(17)15-18-3-7-20(28)8-4-18/h3-13,16H,14-15H2,1-2H3. The number of fused-ring (bicyclic) bond motifs is 1. The van der Waals surface area contributed by atoms with Crippen molar-refractivity contribution in [3.63, 3.8) is 0 Å². The Morgan fingerprint density at radius 2 is 1.83 bits per heavy atom. The number of benzene rings is 3. The number of ether oxygens (including phenoxy) is 1. The fourth-order valence-electron chi connectivity index (χ4n) is 4.29. The lowest BCUT2D eigenvalue weighted by molar-refractivity contribution is -0.384. The van der Waals surface area contributed by atoms with E-state index in [1.165, 1.54) is 29.0 Å². The Balaban J connectivity index is 1.51. The number of hydrogen-bond acceptors (Lipinski definition) is 5. The van der Waals surface area contributed by atoms with Crippen molar-refractivity contribution in [1.29, 1.82) is 0 Å². The van der Waals surface area contributed by atoms with Gasteiger partial charge >= 0.3 is 0 Å². The van der Waals surface area contributed by atoms with Crippen molar-refractivity contribution in [1.82, 2.24) is 9.55 Å². The summed E-state index contributed by atoms with van der Waals surface area (Å²) in [4.78, 5) is 15.4. The molecule has 0 N–H and O–H groups in total. The van der Waals surface area contributed by atoms with Crippen LogP contribution in [0.15, 0.2) is 76.6 Å². The molecule has 0 atom stereocenters. The van der Waals surface area contributed by atoms with Gasteiger partial charge in [-0.2, -0.15) is 0 Å². The van der Waals surface area contributed by atoms with Gasteiger partial charge in [-0.1, -0.05) is 28.1 Å². The van der Waals surface area contributed by atoms with Crippen LogP contribution >= 0.6 is 27.3 Å². The molecule has 0 amide bonds. The van der Waals surface area contributed by atoms with Crippen LogP contribution in [0.4, 0.5) is 5.69 Å². The summed E-state index contributed by atoms with van der Waals surface area (Å²) in [6, 6.07) is 21.1. The first-order valence-corrected chi connectivity index (χ1v) is 12.7. The third-order valence-corrected chi connectivity index (χ3v) is 7.55. The molecule has 176 valence electrons. The Kier molecular flexibility index (Phi) is 6.40. The fraction of sp³-hybridized carbons (Fsp3) is 0.148. The molecule has 35 heavy (non-hydrogen) atoms. The number of aromatic nitrogens is 2. The average Bonchev–Trinajstić information content (AvgIpc) is 3.44. The van der Waals surface area contributed by atoms with Crippen LogP contribution in [-0.4, -0.2) is 21.6 Å². The van der Waals surface area contributed by atoms with Crippen LogP contribution in [0, 0.1) is 17.0 Å². The summed E-state index contributed by atoms with van der Waals surface area (Å²) in [5, 5.41) is 15.1. The summed E-state index contributed by atoms with van der Waals surface area (Å²) in [5.74, 6) is 0.824. The number of nitro benzene ring substituents is 1. The SMILES string of the molecule is COc1ccc2c(c1)c(Cc1nc(-c3ccc([N+](=O)[O-])cc3)cs1)c(C)n2Cc1ccc(Br)cc1. The van der Waals surface area contributed by atoms with Crippen LogP contribution in [-0.2, 0) is 13.0 Å². The van der Waals surface area contributed by atoms with Crippen LogP contribution in [0.1, 0.15) is 21.8 Å². The lowest BCUT2D eigenvalue weighted by Crippen LogP contribution is -2.02. The molecule has 0 aliphatic carbocycles. The van der Waals surface area contributed by atoms with Gasteiger partial charge in [-0.05, 0) is 60.5 Å². The molecular weight excluding hydrogens is 526 g/mol. The maximum absolute atomic E-state index is 11.0. The molecule has 0 bridgehead atoms. The first kappa shape index (κ1) is 23.3. The van der Waals surface area contributed by atoms with E-state index in [2.05, 4.69) is 63.8 Å². The van der Waals surface area contributed by atoms with E-state index in [-0.39, 0.29) is 5.69 Å². The zero-order chi connectivity index (χ0) is 24.5. The van der Waals surface area contributed by atoms with E-state index in [9.17, 15) is 10.1 Å². The quantitative estimate of drug-likeness (QED) is 0.157. The molecule has 0 aliphatic rings. The van der Waals surface area contributed by atoms with Gasteiger partial charge in [0.05, 0.1) is 22.7 Å². The maximum Gasteiger partial charge on any atom is 0.269 e. The van der Waals surface area contributed by atoms with E-state index < -0.39 is 4.92 Å². The Hall–Kier alpha value is -3.49. The molecule has 3 aromatic carbocycles. The van der Waals surface area contributed by atoms with Gasteiger partial charge < -0.3 is 9.30 Å². The predicted molar refractivity (Wildman–Crippen MR) is 143 cm³/mol. The average molecular weight is 548 g/mol. The van der Waals surface area contributed by atoms with Crippen molar-refractivity contribution in [2.45, 2.75) is 19.9 Å². The largest absolute Gasteiger partial charge is 0.497 e. The zero-order valence-corrected chi connectivity index (χ0v) is 21.6. The second kappa shape index (κ2) is 9.64. The molecule has 6 nitrogen and oxygen atoms in total. The van der Waals surface area contributed by atoms with E-state index in [0.29, 0.717) is 6.42 Å². The molecule has 2 aromatic heterocycles. The molecule has 0 aliphatic heterocycles. The van der Waals surface area contributed by atoms with Gasteiger partial charge in [0.1, 0.15) is 5.75 Å². The molecule has 0 unspecified atom stereocenters. The highest BCUT2D eigenvalue weighted by Gasteiger charge is 2.17. The van der Waals surface area contributed by atoms with Crippen molar-refractivity contribution >= 4 is 43.9 Å². The fourth-order valence-corrected chi connectivity index (χ4v) is 5.37. The highest BCUT2D eigenvalue weighted by Crippen LogP contribution is 2.33.